The van der Waals surface area contributed by atoms with Gasteiger partial charge >= 0.3 is 0 Å². The molecule has 2 N–H and O–H groups in total. The lowest BCUT2D eigenvalue weighted by Crippen LogP contribution is -2.21. The van der Waals surface area contributed by atoms with E-state index in [-0.39, 0.29) is 0 Å². The Labute approximate surface area is 114 Å². The zero-order valence-corrected chi connectivity index (χ0v) is 11.6. The highest BCUT2D eigenvalue weighted by atomic mass is 32.2. The van der Waals surface area contributed by atoms with Crippen molar-refractivity contribution in [1.29, 1.82) is 0 Å². The maximum absolute atomic E-state index is 5.92. The predicted molar refractivity (Wildman–Crippen MR) is 76.1 cm³/mol. The Bertz CT molecular complexity index is 537. The number of fused-ring (bicyclic) bond motifs is 1. The molecular formula is C12H15N3OS2. The molecule has 0 aliphatic carbocycles. The first-order valence-electron chi connectivity index (χ1n) is 6.08. The Balaban J connectivity index is 1.70. The van der Waals surface area contributed by atoms with Crippen LogP contribution in [0.1, 0.15) is 19.3 Å². The quantitative estimate of drug-likeness (QED) is 0.692. The van der Waals surface area contributed by atoms with Gasteiger partial charge in [-0.3, -0.25) is 0 Å². The van der Waals surface area contributed by atoms with Gasteiger partial charge in [0, 0.05) is 12.4 Å². The molecule has 3 rings (SSSR count). The average molecular weight is 281 g/mol. The van der Waals surface area contributed by atoms with Crippen molar-refractivity contribution in [2.75, 3.05) is 18.1 Å². The lowest BCUT2D eigenvalue weighted by atomic mass is 10.1. The lowest BCUT2D eigenvalue weighted by molar-refractivity contribution is 0.0315. The second kappa shape index (κ2) is 5.42. The van der Waals surface area contributed by atoms with Gasteiger partial charge in [0.25, 0.3) is 0 Å². The number of hydrogen-bond donors (Lipinski definition) is 1. The van der Waals surface area contributed by atoms with Crippen molar-refractivity contribution in [3.05, 3.63) is 11.4 Å². The number of aromatic nitrogens is 2. The van der Waals surface area contributed by atoms with Gasteiger partial charge in [-0.05, 0) is 30.7 Å². The van der Waals surface area contributed by atoms with Gasteiger partial charge in [0.05, 0.1) is 11.5 Å². The fourth-order valence-electron chi connectivity index (χ4n) is 2.03. The number of nitrogens with zero attached hydrogens (tertiary/aromatic N) is 2. The molecule has 3 heterocycles. The number of ether oxygens (including phenoxy) is 1. The molecule has 0 saturated carbocycles. The average Bonchev–Trinajstić information content (AvgIpc) is 2.86. The summed E-state index contributed by atoms with van der Waals surface area (Å²) in [5, 5.41) is 3.71. The highest BCUT2D eigenvalue weighted by Crippen LogP contribution is 2.27. The summed E-state index contributed by atoms with van der Waals surface area (Å²) in [6, 6.07) is 1.97. The van der Waals surface area contributed by atoms with E-state index in [9.17, 15) is 0 Å². The minimum absolute atomic E-state index is 0.340. The van der Waals surface area contributed by atoms with Crippen LogP contribution in [0.5, 0.6) is 0 Å². The summed E-state index contributed by atoms with van der Waals surface area (Å²) in [5.74, 6) is 1.49. The fourth-order valence-corrected chi connectivity index (χ4v) is 3.77. The monoisotopic (exact) mass is 281 g/mol. The molecule has 6 heteroatoms. The third kappa shape index (κ3) is 2.60. The third-order valence-corrected chi connectivity index (χ3v) is 4.79. The number of thiophene rings is 1. The van der Waals surface area contributed by atoms with Gasteiger partial charge in [-0.25, -0.2) is 9.97 Å². The van der Waals surface area contributed by atoms with E-state index in [4.69, 9.17) is 10.5 Å². The molecule has 4 nitrogen and oxygen atoms in total. The van der Waals surface area contributed by atoms with E-state index in [1.54, 1.807) is 23.1 Å². The number of anilines is 1. The van der Waals surface area contributed by atoms with E-state index in [2.05, 4.69) is 9.97 Å². The van der Waals surface area contributed by atoms with Gasteiger partial charge in [0.1, 0.15) is 10.6 Å². The first kappa shape index (κ1) is 12.2. The zero-order chi connectivity index (χ0) is 12.4. The van der Waals surface area contributed by atoms with E-state index < -0.39 is 0 Å². The molecule has 1 fully saturated rings. The topological polar surface area (TPSA) is 61.0 Å². The molecule has 0 aromatic carbocycles. The normalized spacial score (nSPS) is 20.3. The smallest absolute Gasteiger partial charge is 0.190 e. The molecule has 0 spiro atoms. The van der Waals surface area contributed by atoms with Crippen molar-refractivity contribution in [1.82, 2.24) is 9.97 Å². The van der Waals surface area contributed by atoms with E-state index in [0.717, 1.165) is 34.2 Å². The first-order chi connectivity index (χ1) is 8.83. The molecular weight excluding hydrogens is 266 g/mol. The Hall–Kier alpha value is -0.850. The van der Waals surface area contributed by atoms with Crippen molar-refractivity contribution in [2.24, 2.45) is 0 Å². The minimum atomic E-state index is 0.340. The highest BCUT2D eigenvalue weighted by molar-refractivity contribution is 7.99. The summed E-state index contributed by atoms with van der Waals surface area (Å²) in [6.07, 6.45) is 3.93. The Morgan fingerprint density at radius 2 is 2.39 bits per heavy atom. The molecule has 0 bridgehead atoms. The van der Waals surface area contributed by atoms with Gasteiger partial charge < -0.3 is 10.5 Å². The second-order valence-corrected chi connectivity index (χ2v) is 6.21. The van der Waals surface area contributed by atoms with Crippen LogP contribution in [0, 0.1) is 0 Å². The molecule has 96 valence electrons. The van der Waals surface area contributed by atoms with E-state index in [0.29, 0.717) is 11.9 Å². The van der Waals surface area contributed by atoms with Gasteiger partial charge in [0.2, 0.25) is 0 Å². The Morgan fingerprint density at radius 3 is 3.22 bits per heavy atom. The van der Waals surface area contributed by atoms with Crippen LogP contribution in [0.15, 0.2) is 16.6 Å². The van der Waals surface area contributed by atoms with E-state index in [1.807, 2.05) is 11.4 Å². The van der Waals surface area contributed by atoms with Crippen molar-refractivity contribution in [3.8, 4) is 0 Å². The molecule has 1 atom stereocenters. The lowest BCUT2D eigenvalue weighted by Gasteiger charge is -2.21. The predicted octanol–water partition coefficient (Wildman–Crippen LogP) is 2.93. The number of nitrogens with two attached hydrogens (primary N) is 1. The van der Waals surface area contributed by atoms with Crippen LogP contribution in [0.2, 0.25) is 0 Å². The van der Waals surface area contributed by atoms with E-state index in [1.165, 1.54) is 12.8 Å². The molecule has 1 unspecified atom stereocenters. The Morgan fingerprint density at radius 1 is 1.44 bits per heavy atom. The number of rotatable bonds is 3. The van der Waals surface area contributed by atoms with Crippen LogP contribution in [-0.4, -0.2) is 28.4 Å². The number of nitrogen functional groups attached to an aromatic ring is 1. The van der Waals surface area contributed by atoms with E-state index >= 15 is 0 Å². The zero-order valence-electron chi connectivity index (χ0n) is 9.96. The summed E-state index contributed by atoms with van der Waals surface area (Å²) in [7, 11) is 0. The summed E-state index contributed by atoms with van der Waals surface area (Å²) in [6.45, 7) is 0.887. The highest BCUT2D eigenvalue weighted by Gasteiger charge is 2.15. The van der Waals surface area contributed by atoms with Crippen LogP contribution in [-0.2, 0) is 4.74 Å². The number of hydrogen-bond acceptors (Lipinski definition) is 6. The van der Waals surface area contributed by atoms with Gasteiger partial charge in [-0.15, -0.1) is 11.3 Å². The summed E-state index contributed by atoms with van der Waals surface area (Å²) < 4.78 is 5.70. The summed E-state index contributed by atoms with van der Waals surface area (Å²) >= 11 is 3.24. The molecule has 2 aromatic rings. The van der Waals surface area contributed by atoms with Crippen LogP contribution in [0.4, 0.5) is 5.82 Å². The fraction of sp³-hybridized carbons (Fsp3) is 0.500. The minimum Gasteiger partial charge on any atom is -0.383 e. The molecule has 18 heavy (non-hydrogen) atoms. The van der Waals surface area contributed by atoms with Crippen LogP contribution in [0.3, 0.4) is 0 Å². The van der Waals surface area contributed by atoms with Gasteiger partial charge in [0.15, 0.2) is 5.16 Å². The maximum atomic E-state index is 5.92. The van der Waals surface area contributed by atoms with Crippen molar-refractivity contribution in [3.63, 3.8) is 0 Å². The van der Waals surface area contributed by atoms with Gasteiger partial charge in [-0.2, -0.15) is 0 Å². The largest absolute Gasteiger partial charge is 0.383 e. The molecule has 0 radical (unpaired) electrons. The molecule has 1 aliphatic heterocycles. The first-order valence-corrected chi connectivity index (χ1v) is 7.94. The molecule has 2 aromatic heterocycles. The summed E-state index contributed by atoms with van der Waals surface area (Å²) in [5.41, 5.74) is 5.92. The van der Waals surface area contributed by atoms with Gasteiger partial charge in [-0.1, -0.05) is 11.8 Å². The maximum Gasteiger partial charge on any atom is 0.190 e. The standard InChI is InChI=1S/C12H15N3OS2/c13-10-9-4-6-17-11(9)15-12(14-10)18-7-8-3-1-2-5-16-8/h4,6,8H,1-3,5,7H2,(H2,13,14,15). The number of thioether (sulfide) groups is 1. The van der Waals surface area contributed by atoms with Crippen LogP contribution >= 0.6 is 23.1 Å². The molecule has 1 saturated heterocycles. The molecule has 1 aliphatic rings. The van der Waals surface area contributed by atoms with Crippen molar-refractivity contribution < 1.29 is 4.74 Å². The third-order valence-electron chi connectivity index (χ3n) is 3.01. The van der Waals surface area contributed by atoms with Crippen LogP contribution < -0.4 is 5.73 Å². The molecule has 0 amide bonds. The van der Waals surface area contributed by atoms with Crippen LogP contribution in [0.25, 0.3) is 10.2 Å². The van der Waals surface area contributed by atoms with Crippen molar-refractivity contribution >= 4 is 39.1 Å². The SMILES string of the molecule is Nc1nc(SCC2CCCCO2)nc2sccc12. The van der Waals surface area contributed by atoms with Crippen molar-refractivity contribution in [2.45, 2.75) is 30.5 Å². The Kier molecular flexibility index (Phi) is 3.67. The second-order valence-electron chi connectivity index (χ2n) is 4.33. The summed E-state index contributed by atoms with van der Waals surface area (Å²) in [4.78, 5) is 9.82.